The fourth-order valence-corrected chi connectivity index (χ4v) is 2.44. The summed E-state index contributed by atoms with van der Waals surface area (Å²) in [6, 6.07) is 10.5. The molecule has 0 spiro atoms. The highest BCUT2D eigenvalue weighted by atomic mass is 79.9. The van der Waals surface area contributed by atoms with Gasteiger partial charge in [-0.05, 0) is 48.9 Å². The second kappa shape index (κ2) is 5.63. The summed E-state index contributed by atoms with van der Waals surface area (Å²) in [7, 11) is 0. The summed E-state index contributed by atoms with van der Waals surface area (Å²) in [5.41, 5.74) is 8.27. The molecule has 0 fully saturated rings. The van der Waals surface area contributed by atoms with Crippen LogP contribution in [0, 0.1) is 6.92 Å². The van der Waals surface area contributed by atoms with Crippen molar-refractivity contribution in [2.75, 3.05) is 11.1 Å². The predicted octanol–water partition coefficient (Wildman–Crippen LogP) is 4.25. The number of nitrogens with one attached hydrogen (secondary N) is 1. The molecule has 0 aliphatic heterocycles. The standard InChI is InChI=1S/C14H12BrClN2O/c1-8-6-10(17)3-4-11(8)14(19)18-13-5-2-9(15)7-12(13)16/h2-7H,17H2,1H3,(H,18,19). The molecule has 19 heavy (non-hydrogen) atoms. The number of amides is 1. The van der Waals surface area contributed by atoms with Gasteiger partial charge >= 0.3 is 0 Å². The molecule has 0 atom stereocenters. The summed E-state index contributed by atoms with van der Waals surface area (Å²) in [5.74, 6) is -0.207. The minimum Gasteiger partial charge on any atom is -0.399 e. The van der Waals surface area contributed by atoms with E-state index in [0.29, 0.717) is 22.0 Å². The van der Waals surface area contributed by atoms with Gasteiger partial charge in [0.2, 0.25) is 0 Å². The number of aryl methyl sites for hydroxylation is 1. The average molecular weight is 340 g/mol. The van der Waals surface area contributed by atoms with Crippen LogP contribution in [0.5, 0.6) is 0 Å². The van der Waals surface area contributed by atoms with Crippen molar-refractivity contribution >= 4 is 44.8 Å². The Bertz CT molecular complexity index is 643. The van der Waals surface area contributed by atoms with Gasteiger partial charge in [0.15, 0.2) is 0 Å². The van der Waals surface area contributed by atoms with Crippen molar-refractivity contribution < 1.29 is 4.79 Å². The zero-order valence-electron chi connectivity index (χ0n) is 10.2. The third kappa shape index (κ3) is 3.28. The highest BCUT2D eigenvalue weighted by Crippen LogP contribution is 2.26. The molecule has 2 rings (SSSR count). The number of nitrogens with two attached hydrogens (primary N) is 1. The minimum atomic E-state index is -0.207. The van der Waals surface area contributed by atoms with Gasteiger partial charge in [-0.1, -0.05) is 27.5 Å². The van der Waals surface area contributed by atoms with Crippen molar-refractivity contribution in [3.05, 3.63) is 57.0 Å². The Labute approximate surface area is 124 Å². The van der Waals surface area contributed by atoms with Gasteiger partial charge in [0.05, 0.1) is 10.7 Å². The second-order valence-corrected chi connectivity index (χ2v) is 5.48. The molecule has 0 unspecified atom stereocenters. The van der Waals surface area contributed by atoms with Gasteiger partial charge in [-0.25, -0.2) is 0 Å². The lowest BCUT2D eigenvalue weighted by molar-refractivity contribution is 0.102. The van der Waals surface area contributed by atoms with Crippen LogP contribution in [-0.2, 0) is 0 Å². The van der Waals surface area contributed by atoms with Crippen molar-refractivity contribution in [1.29, 1.82) is 0 Å². The maximum absolute atomic E-state index is 12.2. The number of hydrogen-bond acceptors (Lipinski definition) is 2. The fourth-order valence-electron chi connectivity index (χ4n) is 1.72. The molecule has 98 valence electrons. The molecular formula is C14H12BrClN2O. The zero-order chi connectivity index (χ0) is 14.0. The van der Waals surface area contributed by atoms with Gasteiger partial charge in [0, 0.05) is 15.7 Å². The molecule has 0 saturated heterocycles. The van der Waals surface area contributed by atoms with Crippen LogP contribution in [0.4, 0.5) is 11.4 Å². The van der Waals surface area contributed by atoms with E-state index in [-0.39, 0.29) is 5.91 Å². The van der Waals surface area contributed by atoms with Crippen LogP contribution in [-0.4, -0.2) is 5.91 Å². The Balaban J connectivity index is 2.25. The third-order valence-corrected chi connectivity index (χ3v) is 3.48. The largest absolute Gasteiger partial charge is 0.399 e. The zero-order valence-corrected chi connectivity index (χ0v) is 12.5. The summed E-state index contributed by atoms with van der Waals surface area (Å²) in [6.07, 6.45) is 0. The fraction of sp³-hybridized carbons (Fsp3) is 0.0714. The molecule has 0 aliphatic rings. The number of hydrogen-bond donors (Lipinski definition) is 2. The Morgan fingerprint density at radius 2 is 2.00 bits per heavy atom. The van der Waals surface area contributed by atoms with Crippen LogP contribution in [0.1, 0.15) is 15.9 Å². The molecule has 0 bridgehead atoms. The van der Waals surface area contributed by atoms with Gasteiger partial charge in [0.1, 0.15) is 0 Å². The summed E-state index contributed by atoms with van der Waals surface area (Å²) in [6.45, 7) is 1.84. The van der Waals surface area contributed by atoms with E-state index >= 15 is 0 Å². The molecule has 1 amide bonds. The number of anilines is 2. The molecule has 0 radical (unpaired) electrons. The number of nitrogen functional groups attached to an aromatic ring is 1. The number of rotatable bonds is 2. The highest BCUT2D eigenvalue weighted by Gasteiger charge is 2.11. The van der Waals surface area contributed by atoms with Gasteiger partial charge in [0.25, 0.3) is 5.91 Å². The van der Waals surface area contributed by atoms with Gasteiger partial charge in [-0.3, -0.25) is 4.79 Å². The molecule has 0 aliphatic carbocycles. The minimum absolute atomic E-state index is 0.207. The van der Waals surface area contributed by atoms with E-state index in [0.717, 1.165) is 10.0 Å². The van der Waals surface area contributed by atoms with E-state index in [9.17, 15) is 4.79 Å². The van der Waals surface area contributed by atoms with E-state index in [1.165, 1.54) is 0 Å². The quantitative estimate of drug-likeness (QED) is 0.804. The summed E-state index contributed by atoms with van der Waals surface area (Å²) in [4.78, 5) is 12.2. The van der Waals surface area contributed by atoms with E-state index in [4.69, 9.17) is 17.3 Å². The number of carbonyl (C=O) groups is 1. The Morgan fingerprint density at radius 3 is 2.63 bits per heavy atom. The van der Waals surface area contributed by atoms with E-state index in [2.05, 4.69) is 21.2 Å². The number of benzene rings is 2. The summed E-state index contributed by atoms with van der Waals surface area (Å²) < 4.78 is 0.860. The molecular weight excluding hydrogens is 328 g/mol. The molecule has 0 heterocycles. The maximum atomic E-state index is 12.2. The Kier molecular flexibility index (Phi) is 4.12. The summed E-state index contributed by atoms with van der Waals surface area (Å²) in [5, 5.41) is 3.26. The van der Waals surface area contributed by atoms with Crippen molar-refractivity contribution in [3.8, 4) is 0 Å². The van der Waals surface area contributed by atoms with Crippen LogP contribution < -0.4 is 11.1 Å². The van der Waals surface area contributed by atoms with Crippen LogP contribution >= 0.6 is 27.5 Å². The van der Waals surface area contributed by atoms with Crippen molar-refractivity contribution in [3.63, 3.8) is 0 Å². The van der Waals surface area contributed by atoms with Crippen LogP contribution in [0.3, 0.4) is 0 Å². The Morgan fingerprint density at radius 1 is 1.26 bits per heavy atom. The van der Waals surface area contributed by atoms with Crippen molar-refractivity contribution in [2.24, 2.45) is 0 Å². The topological polar surface area (TPSA) is 55.1 Å². The lowest BCUT2D eigenvalue weighted by Crippen LogP contribution is -2.13. The molecule has 0 aromatic heterocycles. The van der Waals surface area contributed by atoms with Crippen LogP contribution in [0.2, 0.25) is 5.02 Å². The second-order valence-electron chi connectivity index (χ2n) is 4.15. The normalized spacial score (nSPS) is 10.3. The molecule has 3 nitrogen and oxygen atoms in total. The first-order valence-corrected chi connectivity index (χ1v) is 6.77. The average Bonchev–Trinajstić information content (AvgIpc) is 2.32. The van der Waals surface area contributed by atoms with E-state index in [1.54, 1.807) is 30.3 Å². The Hall–Kier alpha value is -1.52. The van der Waals surface area contributed by atoms with Crippen LogP contribution in [0.15, 0.2) is 40.9 Å². The molecule has 0 saturated carbocycles. The van der Waals surface area contributed by atoms with E-state index < -0.39 is 0 Å². The monoisotopic (exact) mass is 338 g/mol. The van der Waals surface area contributed by atoms with Gasteiger partial charge in [-0.15, -0.1) is 0 Å². The lowest BCUT2D eigenvalue weighted by Gasteiger charge is -2.10. The van der Waals surface area contributed by atoms with Crippen molar-refractivity contribution in [2.45, 2.75) is 6.92 Å². The molecule has 2 aromatic carbocycles. The first kappa shape index (κ1) is 13.9. The van der Waals surface area contributed by atoms with E-state index in [1.807, 2.05) is 13.0 Å². The first-order chi connectivity index (χ1) is 8.97. The first-order valence-electron chi connectivity index (χ1n) is 5.60. The third-order valence-electron chi connectivity index (χ3n) is 2.67. The predicted molar refractivity (Wildman–Crippen MR) is 82.7 cm³/mol. The molecule has 3 N–H and O–H groups in total. The number of carbonyl (C=O) groups excluding carboxylic acids is 1. The SMILES string of the molecule is Cc1cc(N)ccc1C(=O)Nc1ccc(Br)cc1Cl. The van der Waals surface area contributed by atoms with Crippen molar-refractivity contribution in [1.82, 2.24) is 0 Å². The van der Waals surface area contributed by atoms with Crippen LogP contribution in [0.25, 0.3) is 0 Å². The van der Waals surface area contributed by atoms with Gasteiger partial charge in [-0.2, -0.15) is 0 Å². The number of halogens is 2. The molecule has 5 heteroatoms. The van der Waals surface area contributed by atoms with Gasteiger partial charge < -0.3 is 11.1 Å². The smallest absolute Gasteiger partial charge is 0.255 e. The molecule has 2 aromatic rings. The lowest BCUT2D eigenvalue weighted by atomic mass is 10.1. The summed E-state index contributed by atoms with van der Waals surface area (Å²) >= 11 is 9.38. The highest BCUT2D eigenvalue weighted by molar-refractivity contribution is 9.10. The maximum Gasteiger partial charge on any atom is 0.255 e.